The molecule has 0 amide bonds. The lowest BCUT2D eigenvalue weighted by molar-refractivity contribution is 0.712. The van der Waals surface area contributed by atoms with E-state index in [1.807, 2.05) is 0 Å². The highest BCUT2D eigenvalue weighted by Crippen LogP contribution is 2.34. The summed E-state index contributed by atoms with van der Waals surface area (Å²) in [6, 6.07) is 0. The molecule has 1 saturated heterocycles. The third kappa shape index (κ3) is 5.03. The van der Waals surface area contributed by atoms with Gasteiger partial charge >= 0.3 is 0 Å². The van der Waals surface area contributed by atoms with Crippen molar-refractivity contribution >= 4 is 39.5 Å². The predicted octanol–water partition coefficient (Wildman–Crippen LogP) is 4.14. The van der Waals surface area contributed by atoms with E-state index < -0.39 is 0 Å². The Kier molecular flexibility index (Phi) is 6.20. The van der Waals surface area contributed by atoms with Crippen molar-refractivity contribution in [3.8, 4) is 0 Å². The monoisotopic (exact) mass is 268 g/mol. The van der Waals surface area contributed by atoms with Gasteiger partial charge in [-0.1, -0.05) is 29.3 Å². The molecule has 0 radical (unpaired) electrons. The molecule has 0 bridgehead atoms. The summed E-state index contributed by atoms with van der Waals surface area (Å²) >= 11 is 7.91. The van der Waals surface area contributed by atoms with Crippen molar-refractivity contribution < 1.29 is 0 Å². The van der Waals surface area contributed by atoms with Crippen LogP contribution in [0.1, 0.15) is 32.6 Å². The number of thioether (sulfide) groups is 2. The van der Waals surface area contributed by atoms with Gasteiger partial charge in [0.1, 0.15) is 0 Å². The van der Waals surface area contributed by atoms with Crippen LogP contribution < -0.4 is 0 Å². The van der Waals surface area contributed by atoms with Gasteiger partial charge in [0, 0.05) is 4.83 Å². The van der Waals surface area contributed by atoms with Gasteiger partial charge in [-0.05, 0) is 30.8 Å². The van der Waals surface area contributed by atoms with Crippen LogP contribution in [0.2, 0.25) is 0 Å². The van der Waals surface area contributed by atoms with Crippen molar-refractivity contribution in [1.82, 2.24) is 0 Å². The van der Waals surface area contributed by atoms with Crippen LogP contribution in [0.5, 0.6) is 0 Å². The average Bonchev–Trinajstić information content (AvgIpc) is 2.05. The Hall–Kier alpha value is 1.18. The molecule has 72 valence electrons. The fraction of sp³-hybridized carbons (Fsp3) is 1.00. The molecule has 1 heterocycles. The second-order valence-electron chi connectivity index (χ2n) is 3.24. The molecule has 1 atom stereocenters. The van der Waals surface area contributed by atoms with Crippen molar-refractivity contribution in [3.05, 3.63) is 0 Å². The molecule has 1 rings (SSSR count). The second kappa shape index (κ2) is 6.61. The zero-order chi connectivity index (χ0) is 8.81. The second-order valence-corrected chi connectivity index (χ2v) is 7.72. The van der Waals surface area contributed by atoms with Crippen LogP contribution in [0.15, 0.2) is 0 Å². The summed E-state index contributed by atoms with van der Waals surface area (Å²) in [7, 11) is 0. The Morgan fingerprint density at radius 3 is 2.67 bits per heavy atom. The maximum absolute atomic E-state index is 3.59. The van der Waals surface area contributed by atoms with E-state index in [1.165, 1.54) is 37.2 Å². The Balaban J connectivity index is 1.98. The first-order chi connectivity index (χ1) is 5.79. The molecule has 1 unspecified atom stereocenters. The first kappa shape index (κ1) is 11.3. The number of halogens is 1. The van der Waals surface area contributed by atoms with E-state index in [-0.39, 0.29) is 0 Å². The first-order valence-corrected chi connectivity index (χ1v) is 7.67. The molecule has 0 N–H and O–H groups in total. The minimum absolute atomic E-state index is 0.705. The molecule has 1 aliphatic heterocycles. The summed E-state index contributed by atoms with van der Waals surface area (Å²) in [4.78, 5) is 0.705. The van der Waals surface area contributed by atoms with E-state index in [2.05, 4.69) is 46.4 Å². The minimum atomic E-state index is 0.705. The Bertz CT molecular complexity index is 111. The third-order valence-corrected chi connectivity index (χ3v) is 5.48. The van der Waals surface area contributed by atoms with E-state index in [1.54, 1.807) is 0 Å². The average molecular weight is 269 g/mol. The number of hydrogen-bond donors (Lipinski definition) is 0. The van der Waals surface area contributed by atoms with Gasteiger partial charge in [-0.15, -0.1) is 23.5 Å². The molecule has 1 aliphatic rings. The van der Waals surface area contributed by atoms with Gasteiger partial charge in [0.05, 0.1) is 4.58 Å². The normalized spacial score (nSPS) is 22.5. The van der Waals surface area contributed by atoms with E-state index >= 15 is 0 Å². The fourth-order valence-electron chi connectivity index (χ4n) is 1.27. The van der Waals surface area contributed by atoms with Crippen LogP contribution in [-0.4, -0.2) is 20.9 Å². The molecule has 0 nitrogen and oxygen atoms in total. The molecule has 0 aromatic heterocycles. The third-order valence-electron chi connectivity index (χ3n) is 1.94. The molecule has 0 aliphatic carbocycles. The summed E-state index contributed by atoms with van der Waals surface area (Å²) in [6.45, 7) is 2.24. The van der Waals surface area contributed by atoms with Gasteiger partial charge in [0.25, 0.3) is 0 Å². The molecular formula is C9H17BrS2. The summed E-state index contributed by atoms with van der Waals surface area (Å²) in [6.07, 6.45) is 5.54. The molecular weight excluding hydrogens is 252 g/mol. The van der Waals surface area contributed by atoms with Gasteiger partial charge in [-0.2, -0.15) is 0 Å². The summed E-state index contributed by atoms with van der Waals surface area (Å²) in [5.74, 6) is 2.78. The molecule has 0 aromatic carbocycles. The smallest absolute Gasteiger partial charge is 0.0502 e. The largest absolute Gasteiger partial charge is 0.148 e. The van der Waals surface area contributed by atoms with Crippen LogP contribution in [0.4, 0.5) is 0 Å². The molecule has 0 saturated carbocycles. The standard InChI is InChI=1S/C9H17BrS2/c1-8(10)4-2-5-9-11-6-3-7-12-9/h8-9H,2-7H2,1H3. The highest BCUT2D eigenvalue weighted by Gasteiger charge is 2.13. The SMILES string of the molecule is CC(Br)CCCC1SCCCS1. The maximum atomic E-state index is 3.59. The highest BCUT2D eigenvalue weighted by atomic mass is 79.9. The van der Waals surface area contributed by atoms with Crippen LogP contribution >= 0.6 is 39.5 Å². The number of rotatable bonds is 4. The van der Waals surface area contributed by atoms with Crippen molar-refractivity contribution in [2.45, 2.75) is 42.0 Å². The van der Waals surface area contributed by atoms with Crippen LogP contribution in [-0.2, 0) is 0 Å². The lowest BCUT2D eigenvalue weighted by Crippen LogP contribution is -2.06. The van der Waals surface area contributed by atoms with Gasteiger partial charge in [-0.3, -0.25) is 0 Å². The van der Waals surface area contributed by atoms with Crippen molar-refractivity contribution in [3.63, 3.8) is 0 Å². The van der Waals surface area contributed by atoms with Crippen LogP contribution in [0.25, 0.3) is 0 Å². The lowest BCUT2D eigenvalue weighted by atomic mass is 10.2. The quantitative estimate of drug-likeness (QED) is 0.704. The van der Waals surface area contributed by atoms with E-state index in [0.29, 0.717) is 4.83 Å². The molecule has 3 heteroatoms. The fourth-order valence-corrected chi connectivity index (χ4v) is 4.55. The van der Waals surface area contributed by atoms with Gasteiger partial charge in [0.2, 0.25) is 0 Å². The zero-order valence-electron chi connectivity index (χ0n) is 7.59. The Morgan fingerprint density at radius 1 is 1.42 bits per heavy atom. The van der Waals surface area contributed by atoms with Crippen molar-refractivity contribution in [2.75, 3.05) is 11.5 Å². The van der Waals surface area contributed by atoms with Crippen molar-refractivity contribution in [1.29, 1.82) is 0 Å². The predicted molar refractivity (Wildman–Crippen MR) is 65.6 cm³/mol. The van der Waals surface area contributed by atoms with E-state index in [4.69, 9.17) is 0 Å². The molecule has 0 aromatic rings. The van der Waals surface area contributed by atoms with E-state index in [0.717, 1.165) is 4.58 Å². The van der Waals surface area contributed by atoms with E-state index in [9.17, 15) is 0 Å². The zero-order valence-corrected chi connectivity index (χ0v) is 10.8. The summed E-state index contributed by atoms with van der Waals surface area (Å²) in [5, 5.41) is 0. The van der Waals surface area contributed by atoms with Gasteiger partial charge < -0.3 is 0 Å². The topological polar surface area (TPSA) is 0 Å². The summed E-state index contributed by atoms with van der Waals surface area (Å²) < 4.78 is 0.907. The highest BCUT2D eigenvalue weighted by molar-refractivity contribution is 9.09. The van der Waals surface area contributed by atoms with Crippen LogP contribution in [0, 0.1) is 0 Å². The van der Waals surface area contributed by atoms with Crippen molar-refractivity contribution in [2.24, 2.45) is 0 Å². The number of hydrogen-bond acceptors (Lipinski definition) is 2. The lowest BCUT2D eigenvalue weighted by Gasteiger charge is -2.20. The molecule has 0 spiro atoms. The number of alkyl halides is 1. The first-order valence-electron chi connectivity index (χ1n) is 4.66. The molecule has 12 heavy (non-hydrogen) atoms. The molecule has 1 fully saturated rings. The minimum Gasteiger partial charge on any atom is -0.148 e. The summed E-state index contributed by atoms with van der Waals surface area (Å²) in [5.41, 5.74) is 0. The van der Waals surface area contributed by atoms with Crippen LogP contribution in [0.3, 0.4) is 0 Å². The Labute approximate surface area is 92.8 Å². The maximum Gasteiger partial charge on any atom is 0.0502 e. The van der Waals surface area contributed by atoms with Gasteiger partial charge in [-0.25, -0.2) is 0 Å². The van der Waals surface area contributed by atoms with Gasteiger partial charge in [0.15, 0.2) is 0 Å². The Morgan fingerprint density at radius 2 is 2.08 bits per heavy atom.